The number of phenols is 1. The van der Waals surface area contributed by atoms with Crippen molar-refractivity contribution in [2.75, 3.05) is 6.54 Å². The zero-order valence-electron chi connectivity index (χ0n) is 10.9. The predicted molar refractivity (Wildman–Crippen MR) is 69.9 cm³/mol. The van der Waals surface area contributed by atoms with E-state index in [0.717, 1.165) is 5.82 Å². The molecule has 6 nitrogen and oxygen atoms in total. The van der Waals surface area contributed by atoms with Crippen LogP contribution in [0, 0.1) is 6.92 Å². The molecule has 100 valence electrons. The molecule has 0 aliphatic carbocycles. The smallest absolute Gasteiger partial charge is 0.251 e. The van der Waals surface area contributed by atoms with Crippen LogP contribution in [0.5, 0.6) is 5.75 Å². The van der Waals surface area contributed by atoms with Gasteiger partial charge in [0.15, 0.2) is 0 Å². The predicted octanol–water partition coefficient (Wildman–Crippen LogP) is 0.802. The lowest BCUT2D eigenvalue weighted by molar-refractivity contribution is 0.0953. The first-order valence-electron chi connectivity index (χ1n) is 5.99. The number of benzene rings is 1. The van der Waals surface area contributed by atoms with Gasteiger partial charge in [0.25, 0.3) is 5.91 Å². The molecule has 2 rings (SSSR count). The lowest BCUT2D eigenvalue weighted by atomic mass is 10.1. The Morgan fingerprint density at radius 3 is 2.95 bits per heavy atom. The first-order valence-corrected chi connectivity index (χ1v) is 5.99. The minimum absolute atomic E-state index is 0.126. The maximum Gasteiger partial charge on any atom is 0.251 e. The zero-order valence-corrected chi connectivity index (χ0v) is 10.9. The number of nitrogens with zero attached hydrogens (tertiary/aromatic N) is 3. The first kappa shape index (κ1) is 13.1. The van der Waals surface area contributed by atoms with Gasteiger partial charge in [-0.1, -0.05) is 6.07 Å². The number of hydrogen-bond acceptors (Lipinski definition) is 4. The number of aryl methyl sites for hydroxylation is 1. The summed E-state index contributed by atoms with van der Waals surface area (Å²) >= 11 is 0. The standard InChI is InChI=1S/C13H16N4O2/c1-9-10(4-3-5-11(9)18)13(19)14-7-6-12-16-15-8-17(12)2/h3-5,8,18H,6-7H2,1-2H3,(H,14,19). The van der Waals surface area contributed by atoms with Crippen molar-refractivity contribution in [2.24, 2.45) is 7.05 Å². The fourth-order valence-corrected chi connectivity index (χ4v) is 1.79. The van der Waals surface area contributed by atoms with Gasteiger partial charge in [-0.05, 0) is 19.1 Å². The quantitative estimate of drug-likeness (QED) is 0.852. The zero-order chi connectivity index (χ0) is 13.8. The lowest BCUT2D eigenvalue weighted by Gasteiger charge is -2.08. The highest BCUT2D eigenvalue weighted by atomic mass is 16.3. The monoisotopic (exact) mass is 260 g/mol. The molecule has 6 heteroatoms. The van der Waals surface area contributed by atoms with Crippen molar-refractivity contribution in [3.63, 3.8) is 0 Å². The van der Waals surface area contributed by atoms with E-state index < -0.39 is 0 Å². The largest absolute Gasteiger partial charge is 0.508 e. The third-order valence-electron chi connectivity index (χ3n) is 2.99. The van der Waals surface area contributed by atoms with Gasteiger partial charge < -0.3 is 15.0 Å². The van der Waals surface area contributed by atoms with E-state index in [0.29, 0.717) is 24.1 Å². The number of carbonyl (C=O) groups excluding carboxylic acids is 1. The van der Waals surface area contributed by atoms with Crippen LogP contribution in [-0.4, -0.2) is 32.3 Å². The number of aromatic nitrogens is 3. The maximum absolute atomic E-state index is 12.0. The second-order valence-corrected chi connectivity index (χ2v) is 4.31. The molecule has 1 amide bonds. The topological polar surface area (TPSA) is 80.0 Å². The normalized spacial score (nSPS) is 10.4. The second-order valence-electron chi connectivity index (χ2n) is 4.31. The molecule has 2 N–H and O–H groups in total. The summed E-state index contributed by atoms with van der Waals surface area (Å²) in [6, 6.07) is 4.90. The van der Waals surface area contributed by atoms with Gasteiger partial charge in [-0.3, -0.25) is 4.79 Å². The minimum Gasteiger partial charge on any atom is -0.508 e. The summed E-state index contributed by atoms with van der Waals surface area (Å²) in [6.45, 7) is 2.19. The molecular formula is C13H16N4O2. The van der Waals surface area contributed by atoms with Crippen LogP contribution in [0.2, 0.25) is 0 Å². The maximum atomic E-state index is 12.0. The Morgan fingerprint density at radius 1 is 1.47 bits per heavy atom. The molecule has 0 aliphatic rings. The van der Waals surface area contributed by atoms with Crippen molar-refractivity contribution in [1.29, 1.82) is 0 Å². The Kier molecular flexibility index (Phi) is 3.79. The molecule has 0 unspecified atom stereocenters. The van der Waals surface area contributed by atoms with Gasteiger partial charge in [0.2, 0.25) is 0 Å². The van der Waals surface area contributed by atoms with Gasteiger partial charge in [0.1, 0.15) is 17.9 Å². The molecule has 0 radical (unpaired) electrons. The molecule has 0 fully saturated rings. The Balaban J connectivity index is 1.95. The summed E-state index contributed by atoms with van der Waals surface area (Å²) < 4.78 is 1.81. The number of nitrogens with one attached hydrogen (secondary N) is 1. The summed E-state index contributed by atoms with van der Waals surface area (Å²) in [5.74, 6) is 0.740. The minimum atomic E-state index is -0.199. The molecule has 0 saturated heterocycles. The molecule has 1 aromatic heterocycles. The van der Waals surface area contributed by atoms with Gasteiger partial charge >= 0.3 is 0 Å². The lowest BCUT2D eigenvalue weighted by Crippen LogP contribution is -2.27. The van der Waals surface area contributed by atoms with Crippen LogP contribution < -0.4 is 5.32 Å². The van der Waals surface area contributed by atoms with Crippen molar-refractivity contribution in [3.8, 4) is 5.75 Å². The van der Waals surface area contributed by atoms with E-state index in [4.69, 9.17) is 0 Å². The van der Waals surface area contributed by atoms with E-state index in [9.17, 15) is 9.90 Å². The Hall–Kier alpha value is -2.37. The van der Waals surface area contributed by atoms with Crippen LogP contribution in [0.25, 0.3) is 0 Å². The number of hydrogen-bond donors (Lipinski definition) is 2. The highest BCUT2D eigenvalue weighted by molar-refractivity contribution is 5.96. The fraction of sp³-hybridized carbons (Fsp3) is 0.308. The Bertz CT molecular complexity index is 592. The van der Waals surface area contributed by atoms with Crippen molar-refractivity contribution >= 4 is 5.91 Å². The SMILES string of the molecule is Cc1c(O)cccc1C(=O)NCCc1nncn1C. The molecular weight excluding hydrogens is 244 g/mol. The number of carbonyl (C=O) groups is 1. The Morgan fingerprint density at radius 2 is 2.26 bits per heavy atom. The van der Waals surface area contributed by atoms with Crippen LogP contribution in [0.15, 0.2) is 24.5 Å². The van der Waals surface area contributed by atoms with E-state index >= 15 is 0 Å². The Labute approximate surface area is 111 Å². The van der Waals surface area contributed by atoms with E-state index in [1.165, 1.54) is 0 Å². The van der Waals surface area contributed by atoms with Crippen LogP contribution in [0.3, 0.4) is 0 Å². The molecule has 19 heavy (non-hydrogen) atoms. The molecule has 1 heterocycles. The number of phenolic OH excluding ortho intramolecular Hbond substituents is 1. The summed E-state index contributed by atoms with van der Waals surface area (Å²) in [4.78, 5) is 12.0. The van der Waals surface area contributed by atoms with Gasteiger partial charge in [-0.25, -0.2) is 0 Å². The van der Waals surface area contributed by atoms with Crippen molar-refractivity contribution in [3.05, 3.63) is 41.5 Å². The van der Waals surface area contributed by atoms with Gasteiger partial charge in [0, 0.05) is 31.1 Å². The number of aromatic hydroxyl groups is 1. The summed E-state index contributed by atoms with van der Waals surface area (Å²) in [5.41, 5.74) is 1.07. The third kappa shape index (κ3) is 2.90. The van der Waals surface area contributed by atoms with Crippen molar-refractivity contribution in [1.82, 2.24) is 20.1 Å². The average Bonchev–Trinajstić information content (AvgIpc) is 2.78. The number of rotatable bonds is 4. The molecule has 0 saturated carbocycles. The van der Waals surface area contributed by atoms with Crippen LogP contribution in [-0.2, 0) is 13.5 Å². The van der Waals surface area contributed by atoms with E-state index in [-0.39, 0.29) is 11.7 Å². The van der Waals surface area contributed by atoms with Crippen LogP contribution in [0.4, 0.5) is 0 Å². The summed E-state index contributed by atoms with van der Waals surface area (Å²) in [5, 5.41) is 20.1. The highest BCUT2D eigenvalue weighted by Crippen LogP contribution is 2.19. The van der Waals surface area contributed by atoms with Crippen LogP contribution in [0.1, 0.15) is 21.7 Å². The van der Waals surface area contributed by atoms with Crippen molar-refractivity contribution in [2.45, 2.75) is 13.3 Å². The first-order chi connectivity index (χ1) is 9.09. The summed E-state index contributed by atoms with van der Waals surface area (Å²) in [6.07, 6.45) is 2.23. The van der Waals surface area contributed by atoms with E-state index in [1.807, 2.05) is 11.6 Å². The molecule has 0 atom stereocenters. The summed E-state index contributed by atoms with van der Waals surface area (Å²) in [7, 11) is 1.86. The average molecular weight is 260 g/mol. The van der Waals surface area contributed by atoms with Crippen LogP contribution >= 0.6 is 0 Å². The molecule has 0 spiro atoms. The molecule has 1 aromatic carbocycles. The van der Waals surface area contributed by atoms with Gasteiger partial charge in [-0.15, -0.1) is 10.2 Å². The highest BCUT2D eigenvalue weighted by Gasteiger charge is 2.11. The van der Waals surface area contributed by atoms with E-state index in [2.05, 4.69) is 15.5 Å². The third-order valence-corrected chi connectivity index (χ3v) is 2.99. The van der Waals surface area contributed by atoms with Crippen molar-refractivity contribution < 1.29 is 9.90 Å². The van der Waals surface area contributed by atoms with Gasteiger partial charge in [0.05, 0.1) is 0 Å². The fourth-order valence-electron chi connectivity index (χ4n) is 1.79. The number of amides is 1. The molecule has 2 aromatic rings. The van der Waals surface area contributed by atoms with E-state index in [1.54, 1.807) is 31.5 Å². The second kappa shape index (κ2) is 5.51. The molecule has 0 aliphatic heterocycles. The molecule has 0 bridgehead atoms. The van der Waals surface area contributed by atoms with Gasteiger partial charge in [-0.2, -0.15) is 0 Å².